The Kier molecular flexibility index (Phi) is 11.8. The lowest BCUT2D eigenvalue weighted by Crippen LogP contribution is -2.26. The monoisotopic (exact) mass is 410 g/mol. The molecule has 0 aromatic heterocycles. The maximum absolute atomic E-state index is 12.3. The standard InChI is InChI=1S/C24H42O5/c1-16(13-18(3)22(27)15-20(5)25)14-19(4)23-11-7-6-9-17(2)21(26)10-8-12-24(28)29-23/h6-7,13,17-23,25-27H,8-12,14-15H2,1-5H3/t17-,18+,19-,20?,21-,22?,23?/m0/s1. The number of aliphatic hydroxyl groups is 3. The number of rotatable bonds is 7. The SMILES string of the molecule is CC(=C[C@@H](C)C(O)CC(C)O)C[C@H](C)C1CC=CC[C@H](C)[C@@H](O)CCCC(=O)O1. The summed E-state index contributed by atoms with van der Waals surface area (Å²) in [5.41, 5.74) is 1.15. The van der Waals surface area contributed by atoms with E-state index in [2.05, 4.69) is 25.2 Å². The third-order valence-electron chi connectivity index (χ3n) is 5.88. The maximum atomic E-state index is 12.3. The van der Waals surface area contributed by atoms with Gasteiger partial charge in [0.05, 0.1) is 18.3 Å². The van der Waals surface area contributed by atoms with Crippen LogP contribution in [0.5, 0.6) is 0 Å². The number of ether oxygens (including phenoxy) is 1. The molecule has 0 aliphatic carbocycles. The van der Waals surface area contributed by atoms with Gasteiger partial charge in [-0.2, -0.15) is 0 Å². The summed E-state index contributed by atoms with van der Waals surface area (Å²) >= 11 is 0. The molecule has 7 atom stereocenters. The summed E-state index contributed by atoms with van der Waals surface area (Å²) in [6, 6.07) is 0. The van der Waals surface area contributed by atoms with E-state index in [1.165, 1.54) is 0 Å². The Balaban J connectivity index is 2.73. The van der Waals surface area contributed by atoms with Crippen LogP contribution in [0.1, 0.15) is 79.6 Å². The number of carbonyl (C=O) groups is 1. The molecule has 0 saturated carbocycles. The number of esters is 1. The van der Waals surface area contributed by atoms with E-state index in [1.807, 2.05) is 20.8 Å². The van der Waals surface area contributed by atoms with Crippen molar-refractivity contribution in [2.24, 2.45) is 17.8 Å². The molecular formula is C24H42O5. The molecule has 5 nitrogen and oxygen atoms in total. The van der Waals surface area contributed by atoms with Gasteiger partial charge >= 0.3 is 5.97 Å². The van der Waals surface area contributed by atoms with Gasteiger partial charge in [-0.1, -0.05) is 44.6 Å². The van der Waals surface area contributed by atoms with Gasteiger partial charge < -0.3 is 20.1 Å². The van der Waals surface area contributed by atoms with Crippen LogP contribution in [-0.4, -0.2) is 45.7 Å². The fourth-order valence-electron chi connectivity index (χ4n) is 3.89. The average molecular weight is 411 g/mol. The van der Waals surface area contributed by atoms with Crippen LogP contribution in [0.3, 0.4) is 0 Å². The lowest BCUT2D eigenvalue weighted by molar-refractivity contribution is -0.151. The van der Waals surface area contributed by atoms with Crippen LogP contribution in [0.4, 0.5) is 0 Å². The highest BCUT2D eigenvalue weighted by Crippen LogP contribution is 2.24. The Labute approximate surface area is 176 Å². The number of hydrogen-bond acceptors (Lipinski definition) is 5. The number of allylic oxidation sites excluding steroid dienone is 2. The van der Waals surface area contributed by atoms with Crippen LogP contribution in [0.25, 0.3) is 0 Å². The molecule has 3 N–H and O–H groups in total. The normalized spacial score (nSPS) is 29.2. The third-order valence-corrected chi connectivity index (χ3v) is 5.88. The molecule has 3 unspecified atom stereocenters. The molecule has 0 aromatic carbocycles. The van der Waals surface area contributed by atoms with Crippen molar-refractivity contribution in [1.82, 2.24) is 0 Å². The smallest absolute Gasteiger partial charge is 0.306 e. The highest BCUT2D eigenvalue weighted by molar-refractivity contribution is 5.69. The van der Waals surface area contributed by atoms with Crippen LogP contribution in [0.2, 0.25) is 0 Å². The van der Waals surface area contributed by atoms with Crippen molar-refractivity contribution in [1.29, 1.82) is 0 Å². The second kappa shape index (κ2) is 13.2. The van der Waals surface area contributed by atoms with Gasteiger partial charge in [0.1, 0.15) is 6.10 Å². The van der Waals surface area contributed by atoms with Gasteiger partial charge in [-0.15, -0.1) is 0 Å². The van der Waals surface area contributed by atoms with E-state index in [4.69, 9.17) is 4.74 Å². The molecule has 0 amide bonds. The molecule has 0 aromatic rings. The summed E-state index contributed by atoms with van der Waals surface area (Å²) in [6.07, 6.45) is 8.81. The minimum atomic E-state index is -0.570. The summed E-state index contributed by atoms with van der Waals surface area (Å²) in [4.78, 5) is 12.3. The first-order valence-electron chi connectivity index (χ1n) is 11.2. The van der Waals surface area contributed by atoms with E-state index in [-0.39, 0.29) is 35.9 Å². The largest absolute Gasteiger partial charge is 0.462 e. The average Bonchev–Trinajstić information content (AvgIpc) is 2.61. The zero-order chi connectivity index (χ0) is 22.0. The number of hydrogen-bond donors (Lipinski definition) is 3. The van der Waals surface area contributed by atoms with Crippen LogP contribution in [0.15, 0.2) is 23.8 Å². The van der Waals surface area contributed by atoms with Crippen molar-refractivity contribution >= 4 is 5.97 Å². The van der Waals surface area contributed by atoms with Crippen LogP contribution < -0.4 is 0 Å². The molecule has 1 rings (SSSR count). The first-order chi connectivity index (χ1) is 13.6. The van der Waals surface area contributed by atoms with E-state index in [0.29, 0.717) is 32.1 Å². The maximum Gasteiger partial charge on any atom is 0.306 e. The second-order valence-corrected chi connectivity index (χ2v) is 9.11. The van der Waals surface area contributed by atoms with Crippen LogP contribution in [-0.2, 0) is 9.53 Å². The van der Waals surface area contributed by atoms with Gasteiger partial charge in [0, 0.05) is 18.8 Å². The van der Waals surface area contributed by atoms with E-state index in [1.54, 1.807) is 6.92 Å². The van der Waals surface area contributed by atoms with E-state index in [9.17, 15) is 20.1 Å². The minimum Gasteiger partial charge on any atom is -0.462 e. The second-order valence-electron chi connectivity index (χ2n) is 9.11. The van der Waals surface area contributed by atoms with E-state index >= 15 is 0 Å². The van der Waals surface area contributed by atoms with Gasteiger partial charge in [-0.3, -0.25) is 4.79 Å². The molecule has 1 heterocycles. The number of aliphatic hydroxyl groups excluding tert-OH is 3. The number of carbonyl (C=O) groups excluding carboxylic acids is 1. The fourth-order valence-corrected chi connectivity index (χ4v) is 3.89. The molecule has 0 fully saturated rings. The molecule has 0 radical (unpaired) electrons. The summed E-state index contributed by atoms with van der Waals surface area (Å²) in [5.74, 6) is 0.116. The van der Waals surface area contributed by atoms with Gasteiger partial charge in [-0.25, -0.2) is 0 Å². The highest BCUT2D eigenvalue weighted by atomic mass is 16.5. The van der Waals surface area contributed by atoms with Crippen molar-refractivity contribution in [3.05, 3.63) is 23.8 Å². The van der Waals surface area contributed by atoms with Crippen LogP contribution >= 0.6 is 0 Å². The zero-order valence-electron chi connectivity index (χ0n) is 18.9. The Morgan fingerprint density at radius 3 is 2.55 bits per heavy atom. The molecule has 1 aliphatic rings. The van der Waals surface area contributed by atoms with Gasteiger partial charge in [0.2, 0.25) is 0 Å². The van der Waals surface area contributed by atoms with Gasteiger partial charge in [0.15, 0.2) is 0 Å². The Morgan fingerprint density at radius 2 is 1.90 bits per heavy atom. The molecule has 5 heteroatoms. The first-order valence-corrected chi connectivity index (χ1v) is 11.2. The van der Waals surface area contributed by atoms with Crippen molar-refractivity contribution in [2.45, 2.75) is 104 Å². The lowest BCUT2D eigenvalue weighted by atomic mass is 9.90. The molecule has 0 bridgehead atoms. The Bertz CT molecular complexity index is 539. The third kappa shape index (κ3) is 10.4. The molecule has 168 valence electrons. The summed E-state index contributed by atoms with van der Waals surface area (Å²) in [5, 5.41) is 29.7. The topological polar surface area (TPSA) is 87.0 Å². The molecule has 1 aliphatic heterocycles. The van der Waals surface area contributed by atoms with Crippen molar-refractivity contribution in [3.8, 4) is 0 Å². The lowest BCUT2D eigenvalue weighted by Gasteiger charge is -2.25. The van der Waals surface area contributed by atoms with Crippen molar-refractivity contribution in [2.75, 3.05) is 0 Å². The molecule has 0 saturated heterocycles. The predicted octanol–water partition coefficient (Wildman–Crippen LogP) is 4.16. The fraction of sp³-hybridized carbons (Fsp3) is 0.792. The highest BCUT2D eigenvalue weighted by Gasteiger charge is 2.23. The molecule has 29 heavy (non-hydrogen) atoms. The predicted molar refractivity (Wildman–Crippen MR) is 116 cm³/mol. The van der Waals surface area contributed by atoms with Gasteiger partial charge in [0.25, 0.3) is 0 Å². The van der Waals surface area contributed by atoms with Gasteiger partial charge in [-0.05, 0) is 57.8 Å². The van der Waals surface area contributed by atoms with E-state index < -0.39 is 12.2 Å². The van der Waals surface area contributed by atoms with Crippen LogP contribution in [0, 0.1) is 17.8 Å². The Morgan fingerprint density at radius 1 is 1.24 bits per heavy atom. The number of cyclic esters (lactones) is 1. The summed E-state index contributed by atoms with van der Waals surface area (Å²) < 4.78 is 5.77. The van der Waals surface area contributed by atoms with Crippen molar-refractivity contribution < 1.29 is 24.9 Å². The summed E-state index contributed by atoms with van der Waals surface area (Å²) in [7, 11) is 0. The zero-order valence-corrected chi connectivity index (χ0v) is 18.9. The minimum absolute atomic E-state index is 0.0385. The quantitative estimate of drug-likeness (QED) is 0.433. The summed E-state index contributed by atoms with van der Waals surface area (Å²) in [6.45, 7) is 9.81. The first kappa shape index (κ1) is 25.9. The Hall–Kier alpha value is -1.17. The van der Waals surface area contributed by atoms with E-state index in [0.717, 1.165) is 18.4 Å². The molecule has 0 spiro atoms. The molecular weight excluding hydrogens is 368 g/mol. The van der Waals surface area contributed by atoms with Crippen molar-refractivity contribution in [3.63, 3.8) is 0 Å².